The van der Waals surface area contributed by atoms with Crippen molar-refractivity contribution in [3.63, 3.8) is 0 Å². The SMILES string of the molecule is C[C@H](NC(=O)[C@@H](N)CCC(=O)O)C(=O)N[C@@H](Cc1ccccc1)C(=O)N[C@@H](CCCN=C(N)N)C(=O)N[C@@H](CCCCN)C(=O)N[C@@H](CC(=O)O)C(=O)O. The van der Waals surface area contributed by atoms with Crippen LogP contribution >= 0.6 is 0 Å². The van der Waals surface area contributed by atoms with Crippen LogP contribution in [0, 0.1) is 0 Å². The van der Waals surface area contributed by atoms with Gasteiger partial charge in [0.05, 0.1) is 12.5 Å². The summed E-state index contributed by atoms with van der Waals surface area (Å²) in [7, 11) is 0. The van der Waals surface area contributed by atoms with Crippen LogP contribution in [0.4, 0.5) is 0 Å². The zero-order valence-corrected chi connectivity index (χ0v) is 30.0. The van der Waals surface area contributed by atoms with Crippen molar-refractivity contribution in [3.05, 3.63) is 35.9 Å². The Labute approximate surface area is 311 Å². The molecule has 0 bridgehead atoms. The number of hydrogen-bond acceptors (Lipinski definition) is 11. The Balaban J connectivity index is 3.34. The summed E-state index contributed by atoms with van der Waals surface area (Å²) in [5.74, 6) is -8.74. The molecule has 21 nitrogen and oxygen atoms in total. The van der Waals surface area contributed by atoms with Crippen molar-refractivity contribution in [2.75, 3.05) is 13.1 Å². The smallest absolute Gasteiger partial charge is 0.326 e. The molecule has 0 heterocycles. The lowest BCUT2D eigenvalue weighted by molar-refractivity contribution is -0.147. The number of nitrogens with one attached hydrogen (secondary N) is 5. The summed E-state index contributed by atoms with van der Waals surface area (Å²) in [4.78, 5) is 104. The average molecular weight is 765 g/mol. The molecule has 6 atom stereocenters. The highest BCUT2D eigenvalue weighted by Crippen LogP contribution is 2.09. The van der Waals surface area contributed by atoms with Gasteiger partial charge in [0.15, 0.2) is 5.96 Å². The number of hydrogen-bond donors (Lipinski definition) is 12. The second-order valence-electron chi connectivity index (χ2n) is 12.4. The summed E-state index contributed by atoms with van der Waals surface area (Å²) >= 11 is 0. The van der Waals surface area contributed by atoms with E-state index in [9.17, 15) is 43.5 Å². The van der Waals surface area contributed by atoms with Crippen molar-refractivity contribution in [2.45, 2.75) is 101 Å². The van der Waals surface area contributed by atoms with Crippen LogP contribution < -0.4 is 49.5 Å². The minimum atomic E-state index is -1.80. The molecule has 16 N–H and O–H groups in total. The van der Waals surface area contributed by atoms with E-state index >= 15 is 0 Å². The topological polar surface area (TPSA) is 374 Å². The van der Waals surface area contributed by atoms with E-state index in [0.717, 1.165) is 0 Å². The van der Waals surface area contributed by atoms with Gasteiger partial charge in [0.2, 0.25) is 29.5 Å². The van der Waals surface area contributed by atoms with Gasteiger partial charge in [0.25, 0.3) is 0 Å². The van der Waals surface area contributed by atoms with Crippen LogP contribution in [0.2, 0.25) is 0 Å². The van der Waals surface area contributed by atoms with Crippen LogP contribution in [0.25, 0.3) is 0 Å². The maximum absolute atomic E-state index is 13.8. The standard InChI is InChI=1S/C33H52N10O11/c1-18(39-28(49)20(35)12-13-25(44)45)27(48)42-23(16-19-8-3-2-4-9-19)31(52)41-22(11-7-15-38-33(36)37)29(50)40-21(10-5-6-14-34)30(51)43-24(32(53)54)17-26(46)47/h2-4,8-9,18,20-24H,5-7,10-17,34-35H2,1H3,(H,39,49)(H,40,50)(H,41,52)(H,42,48)(H,43,51)(H,44,45)(H,46,47)(H,53,54)(H4,36,37,38)/t18-,20-,21-,22-,23-,24-/m0/s1. The van der Waals surface area contributed by atoms with E-state index in [4.69, 9.17) is 33.1 Å². The molecule has 1 aromatic rings. The summed E-state index contributed by atoms with van der Waals surface area (Å²) in [5.41, 5.74) is 22.7. The first-order valence-electron chi connectivity index (χ1n) is 17.2. The highest BCUT2D eigenvalue weighted by Gasteiger charge is 2.32. The van der Waals surface area contributed by atoms with Crippen molar-refractivity contribution in [2.24, 2.45) is 27.9 Å². The summed E-state index contributed by atoms with van der Waals surface area (Å²) in [6.45, 7) is 1.63. The molecule has 21 heteroatoms. The lowest BCUT2D eigenvalue weighted by Crippen LogP contribution is -2.59. The van der Waals surface area contributed by atoms with Gasteiger partial charge in [0.1, 0.15) is 30.2 Å². The number of carbonyl (C=O) groups excluding carboxylic acids is 5. The molecule has 0 spiro atoms. The van der Waals surface area contributed by atoms with Crippen LogP contribution in [-0.2, 0) is 44.8 Å². The lowest BCUT2D eigenvalue weighted by atomic mass is 10.0. The zero-order chi connectivity index (χ0) is 40.8. The molecule has 1 rings (SSSR count). The van der Waals surface area contributed by atoms with Gasteiger partial charge in [0, 0.05) is 19.4 Å². The molecule has 0 aliphatic rings. The molecule has 0 aliphatic carbocycles. The quantitative estimate of drug-likeness (QED) is 0.0249. The number of aliphatic carboxylic acids is 3. The molecule has 0 aliphatic heterocycles. The third-order valence-corrected chi connectivity index (χ3v) is 7.83. The van der Waals surface area contributed by atoms with Gasteiger partial charge in [-0.3, -0.25) is 38.6 Å². The number of carboxylic acids is 3. The number of nitrogens with zero attached hydrogens (tertiary/aromatic N) is 1. The van der Waals surface area contributed by atoms with E-state index in [1.165, 1.54) is 6.92 Å². The van der Waals surface area contributed by atoms with Crippen LogP contribution in [0.5, 0.6) is 0 Å². The summed E-state index contributed by atoms with van der Waals surface area (Å²) in [6, 6.07) is 0.262. The first kappa shape index (κ1) is 46.2. The Morgan fingerprint density at radius 1 is 0.667 bits per heavy atom. The number of carboxylic acid groups (broad SMARTS) is 3. The van der Waals surface area contributed by atoms with Gasteiger partial charge in [-0.2, -0.15) is 0 Å². The molecule has 0 saturated carbocycles. The third-order valence-electron chi connectivity index (χ3n) is 7.83. The maximum Gasteiger partial charge on any atom is 0.326 e. The third kappa shape index (κ3) is 18.6. The normalized spacial score (nSPS) is 14.1. The molecule has 0 aromatic heterocycles. The fourth-order valence-corrected chi connectivity index (χ4v) is 4.88. The Morgan fingerprint density at radius 2 is 1.20 bits per heavy atom. The number of rotatable bonds is 26. The number of aliphatic imine (C=N–C) groups is 1. The van der Waals surface area contributed by atoms with E-state index in [0.29, 0.717) is 18.4 Å². The highest BCUT2D eigenvalue weighted by atomic mass is 16.4. The zero-order valence-electron chi connectivity index (χ0n) is 30.0. The van der Waals surface area contributed by atoms with Crippen LogP contribution in [0.3, 0.4) is 0 Å². The number of carbonyl (C=O) groups is 8. The Hall–Kier alpha value is -5.83. The monoisotopic (exact) mass is 764 g/mol. The van der Waals surface area contributed by atoms with Crippen molar-refractivity contribution in [1.29, 1.82) is 0 Å². The van der Waals surface area contributed by atoms with Gasteiger partial charge in [-0.15, -0.1) is 0 Å². The van der Waals surface area contributed by atoms with E-state index < -0.39 is 90.1 Å². The largest absolute Gasteiger partial charge is 0.481 e. The predicted octanol–water partition coefficient (Wildman–Crippen LogP) is -3.39. The first-order valence-corrected chi connectivity index (χ1v) is 17.2. The van der Waals surface area contributed by atoms with Gasteiger partial charge in [-0.1, -0.05) is 30.3 Å². The number of guanidine groups is 1. The molecule has 5 amide bonds. The van der Waals surface area contributed by atoms with E-state index in [1.807, 2.05) is 0 Å². The average Bonchev–Trinajstić information content (AvgIpc) is 3.10. The van der Waals surface area contributed by atoms with Crippen molar-refractivity contribution in [1.82, 2.24) is 26.6 Å². The predicted molar refractivity (Wildman–Crippen MR) is 193 cm³/mol. The van der Waals surface area contributed by atoms with Crippen LogP contribution in [0.1, 0.15) is 63.9 Å². The second-order valence-corrected chi connectivity index (χ2v) is 12.4. The first-order chi connectivity index (χ1) is 25.4. The summed E-state index contributed by atoms with van der Waals surface area (Å²) in [6.07, 6.45) is -0.733. The van der Waals surface area contributed by atoms with E-state index in [1.54, 1.807) is 30.3 Å². The minimum absolute atomic E-state index is 0.0148. The fraction of sp³-hybridized carbons (Fsp3) is 0.545. The van der Waals surface area contributed by atoms with Crippen molar-refractivity contribution < 1.29 is 53.7 Å². The number of nitrogens with two attached hydrogens (primary N) is 4. The summed E-state index contributed by atoms with van der Waals surface area (Å²) in [5, 5.41) is 39.5. The van der Waals surface area contributed by atoms with Crippen LogP contribution in [0.15, 0.2) is 35.3 Å². The molecule has 1 aromatic carbocycles. The number of amides is 5. The second kappa shape index (κ2) is 24.4. The molecule has 300 valence electrons. The van der Waals surface area contributed by atoms with Gasteiger partial charge in [-0.25, -0.2) is 4.79 Å². The number of benzene rings is 1. The van der Waals surface area contributed by atoms with Gasteiger partial charge in [-0.05, 0) is 57.6 Å². The lowest BCUT2D eigenvalue weighted by Gasteiger charge is -2.27. The Kier molecular flexibility index (Phi) is 20.9. The Morgan fingerprint density at radius 3 is 1.72 bits per heavy atom. The molecular formula is C33H52N10O11. The molecule has 0 unspecified atom stereocenters. The molecule has 0 fully saturated rings. The summed E-state index contributed by atoms with van der Waals surface area (Å²) < 4.78 is 0. The van der Waals surface area contributed by atoms with Crippen molar-refractivity contribution in [3.8, 4) is 0 Å². The van der Waals surface area contributed by atoms with Gasteiger partial charge < -0.3 is 64.8 Å². The Bertz CT molecular complexity index is 1470. The fourth-order valence-electron chi connectivity index (χ4n) is 4.88. The van der Waals surface area contributed by atoms with Crippen LogP contribution in [-0.4, -0.2) is 118 Å². The highest BCUT2D eigenvalue weighted by molar-refractivity contribution is 5.96. The molecular weight excluding hydrogens is 712 g/mol. The van der Waals surface area contributed by atoms with Gasteiger partial charge >= 0.3 is 17.9 Å². The van der Waals surface area contributed by atoms with E-state index in [2.05, 4.69) is 31.6 Å². The van der Waals surface area contributed by atoms with Crippen molar-refractivity contribution >= 4 is 53.4 Å². The molecule has 54 heavy (non-hydrogen) atoms. The minimum Gasteiger partial charge on any atom is -0.481 e. The molecule has 0 saturated heterocycles. The number of unbranched alkanes of at least 4 members (excludes halogenated alkanes) is 1. The molecule has 0 radical (unpaired) electrons. The maximum atomic E-state index is 13.8. The van der Waals surface area contributed by atoms with E-state index in [-0.39, 0.29) is 57.6 Å².